The molecule has 1 saturated heterocycles. The van der Waals surface area contributed by atoms with E-state index in [1.807, 2.05) is 23.1 Å². The fourth-order valence-corrected chi connectivity index (χ4v) is 3.23. The molecule has 0 unspecified atom stereocenters. The number of ether oxygens (including phenoxy) is 2. The van der Waals surface area contributed by atoms with E-state index in [1.54, 1.807) is 38.5 Å². The molecule has 1 fully saturated rings. The van der Waals surface area contributed by atoms with Crippen molar-refractivity contribution < 1.29 is 14.3 Å². The van der Waals surface area contributed by atoms with Crippen LogP contribution < -0.4 is 9.47 Å². The molecule has 1 aliphatic rings. The van der Waals surface area contributed by atoms with Gasteiger partial charge in [-0.3, -0.25) is 4.79 Å². The van der Waals surface area contributed by atoms with Crippen LogP contribution in [0.5, 0.6) is 11.5 Å². The SMILES string of the molecule is COc1ccc(OC)c([C@H]2CCN(C(=O)c3ccc(C#N)cc3)C2)c1. The highest BCUT2D eigenvalue weighted by atomic mass is 16.5. The Morgan fingerprint density at radius 2 is 1.92 bits per heavy atom. The number of nitrogens with zero attached hydrogens (tertiary/aromatic N) is 2. The Bertz CT molecular complexity index is 809. The van der Waals surface area contributed by atoms with Crippen molar-refractivity contribution in [3.05, 3.63) is 59.2 Å². The number of benzene rings is 2. The number of hydrogen-bond acceptors (Lipinski definition) is 4. The Kier molecular flexibility index (Phi) is 4.90. The van der Waals surface area contributed by atoms with Crippen molar-refractivity contribution in [2.45, 2.75) is 12.3 Å². The van der Waals surface area contributed by atoms with Crippen molar-refractivity contribution in [3.8, 4) is 17.6 Å². The zero-order valence-electron chi connectivity index (χ0n) is 14.4. The first-order valence-corrected chi connectivity index (χ1v) is 8.17. The predicted octanol–water partition coefficient (Wildman–Crippen LogP) is 3.21. The molecule has 5 heteroatoms. The summed E-state index contributed by atoms with van der Waals surface area (Å²) in [5.41, 5.74) is 2.23. The molecule has 1 amide bonds. The summed E-state index contributed by atoms with van der Waals surface area (Å²) in [6.45, 7) is 1.34. The fourth-order valence-electron chi connectivity index (χ4n) is 3.23. The highest BCUT2D eigenvalue weighted by Gasteiger charge is 2.30. The molecule has 0 N–H and O–H groups in total. The van der Waals surface area contributed by atoms with Crippen LogP contribution in [0.1, 0.15) is 33.8 Å². The first kappa shape index (κ1) is 16.8. The van der Waals surface area contributed by atoms with Crippen molar-refractivity contribution >= 4 is 5.91 Å². The second kappa shape index (κ2) is 7.27. The number of rotatable bonds is 4. The van der Waals surface area contributed by atoms with Crippen molar-refractivity contribution in [2.75, 3.05) is 27.3 Å². The van der Waals surface area contributed by atoms with Gasteiger partial charge >= 0.3 is 0 Å². The number of hydrogen-bond donors (Lipinski definition) is 0. The van der Waals surface area contributed by atoms with Crippen molar-refractivity contribution in [3.63, 3.8) is 0 Å². The molecule has 2 aromatic carbocycles. The Hall–Kier alpha value is -3.00. The third-order valence-electron chi connectivity index (χ3n) is 4.61. The second-order valence-electron chi connectivity index (χ2n) is 6.03. The zero-order valence-corrected chi connectivity index (χ0v) is 14.4. The molecule has 0 radical (unpaired) electrons. The number of likely N-dealkylation sites (tertiary alicyclic amines) is 1. The highest BCUT2D eigenvalue weighted by Crippen LogP contribution is 2.36. The summed E-state index contributed by atoms with van der Waals surface area (Å²) in [7, 11) is 3.29. The molecule has 1 aliphatic heterocycles. The van der Waals surface area contributed by atoms with Gasteiger partial charge < -0.3 is 14.4 Å². The maximum atomic E-state index is 12.7. The van der Waals surface area contributed by atoms with Gasteiger partial charge in [-0.05, 0) is 48.9 Å². The van der Waals surface area contributed by atoms with E-state index in [2.05, 4.69) is 6.07 Å². The molecule has 3 rings (SSSR count). The summed E-state index contributed by atoms with van der Waals surface area (Å²) >= 11 is 0. The minimum absolute atomic E-state index is 0.00569. The van der Waals surface area contributed by atoms with Gasteiger partial charge in [-0.15, -0.1) is 0 Å². The van der Waals surface area contributed by atoms with Crippen LogP contribution in [0, 0.1) is 11.3 Å². The van der Waals surface area contributed by atoms with Gasteiger partial charge in [-0.25, -0.2) is 0 Å². The summed E-state index contributed by atoms with van der Waals surface area (Å²) in [5.74, 6) is 1.81. The molecule has 1 atom stereocenters. The van der Waals surface area contributed by atoms with Crippen LogP contribution >= 0.6 is 0 Å². The lowest BCUT2D eigenvalue weighted by molar-refractivity contribution is 0.0790. The van der Waals surface area contributed by atoms with Gasteiger partial charge in [-0.1, -0.05) is 0 Å². The standard InChI is InChI=1S/C20H20N2O3/c1-24-17-7-8-19(25-2)18(11-17)16-9-10-22(13-16)20(23)15-5-3-14(12-21)4-6-15/h3-8,11,16H,9-10,13H2,1-2H3/t16-/m0/s1. The quantitative estimate of drug-likeness (QED) is 0.860. The van der Waals surface area contributed by atoms with Gasteiger partial charge in [0.05, 0.1) is 25.9 Å². The Labute approximate surface area is 147 Å². The van der Waals surface area contributed by atoms with Crippen LogP contribution in [-0.4, -0.2) is 38.1 Å². The van der Waals surface area contributed by atoms with Gasteiger partial charge in [0.1, 0.15) is 11.5 Å². The van der Waals surface area contributed by atoms with Gasteiger partial charge in [0, 0.05) is 30.1 Å². The molecule has 0 spiro atoms. The fraction of sp³-hybridized carbons (Fsp3) is 0.300. The number of carbonyl (C=O) groups is 1. The van der Waals surface area contributed by atoms with Crippen LogP contribution in [0.15, 0.2) is 42.5 Å². The van der Waals surface area contributed by atoms with E-state index in [0.717, 1.165) is 23.5 Å². The average molecular weight is 336 g/mol. The van der Waals surface area contributed by atoms with E-state index in [-0.39, 0.29) is 11.8 Å². The van der Waals surface area contributed by atoms with Crippen molar-refractivity contribution in [2.24, 2.45) is 0 Å². The Morgan fingerprint density at radius 1 is 1.16 bits per heavy atom. The first-order chi connectivity index (χ1) is 12.2. The summed E-state index contributed by atoms with van der Waals surface area (Å²) in [5, 5.41) is 8.86. The van der Waals surface area contributed by atoms with Crippen molar-refractivity contribution in [1.29, 1.82) is 5.26 Å². The topological polar surface area (TPSA) is 62.6 Å². The first-order valence-electron chi connectivity index (χ1n) is 8.17. The van der Waals surface area contributed by atoms with E-state index in [4.69, 9.17) is 14.7 Å². The normalized spacial score (nSPS) is 16.4. The van der Waals surface area contributed by atoms with E-state index < -0.39 is 0 Å². The van der Waals surface area contributed by atoms with E-state index in [9.17, 15) is 4.79 Å². The summed E-state index contributed by atoms with van der Waals surface area (Å²) in [6, 6.07) is 14.6. The van der Waals surface area contributed by atoms with Gasteiger partial charge in [0.2, 0.25) is 0 Å². The molecule has 0 bridgehead atoms. The monoisotopic (exact) mass is 336 g/mol. The predicted molar refractivity (Wildman–Crippen MR) is 94.0 cm³/mol. The Morgan fingerprint density at radius 3 is 2.56 bits per heavy atom. The molecule has 0 saturated carbocycles. The molecule has 1 heterocycles. The van der Waals surface area contributed by atoms with E-state index in [1.165, 1.54) is 0 Å². The molecule has 5 nitrogen and oxygen atoms in total. The van der Waals surface area contributed by atoms with Crippen molar-refractivity contribution in [1.82, 2.24) is 4.90 Å². The van der Waals surface area contributed by atoms with Gasteiger partial charge in [0.25, 0.3) is 5.91 Å². The zero-order chi connectivity index (χ0) is 17.8. The number of nitriles is 1. The minimum Gasteiger partial charge on any atom is -0.497 e. The van der Waals surface area contributed by atoms with Crippen LogP contribution in [0.2, 0.25) is 0 Å². The smallest absolute Gasteiger partial charge is 0.253 e. The van der Waals surface area contributed by atoms with Crippen LogP contribution in [-0.2, 0) is 0 Å². The maximum absolute atomic E-state index is 12.7. The lowest BCUT2D eigenvalue weighted by atomic mass is 9.97. The molecule has 0 aromatic heterocycles. The second-order valence-corrected chi connectivity index (χ2v) is 6.03. The average Bonchev–Trinajstić information content (AvgIpc) is 3.17. The number of methoxy groups -OCH3 is 2. The number of amides is 1. The summed E-state index contributed by atoms with van der Waals surface area (Å²) < 4.78 is 10.8. The van der Waals surface area contributed by atoms with E-state index in [0.29, 0.717) is 24.2 Å². The molecular weight excluding hydrogens is 316 g/mol. The van der Waals surface area contributed by atoms with Crippen LogP contribution in [0.25, 0.3) is 0 Å². The van der Waals surface area contributed by atoms with E-state index >= 15 is 0 Å². The highest BCUT2D eigenvalue weighted by molar-refractivity contribution is 5.94. The van der Waals surface area contributed by atoms with Gasteiger partial charge in [0.15, 0.2) is 0 Å². The molecule has 2 aromatic rings. The lowest BCUT2D eigenvalue weighted by Crippen LogP contribution is -2.28. The third kappa shape index (κ3) is 3.43. The molecule has 25 heavy (non-hydrogen) atoms. The minimum atomic E-state index is -0.00569. The molecule has 0 aliphatic carbocycles. The largest absolute Gasteiger partial charge is 0.497 e. The summed E-state index contributed by atoms with van der Waals surface area (Å²) in [4.78, 5) is 14.5. The summed E-state index contributed by atoms with van der Waals surface area (Å²) in [6.07, 6.45) is 0.881. The van der Waals surface area contributed by atoms with Crippen LogP contribution in [0.4, 0.5) is 0 Å². The number of carbonyl (C=O) groups excluding carboxylic acids is 1. The third-order valence-corrected chi connectivity index (χ3v) is 4.61. The van der Waals surface area contributed by atoms with Gasteiger partial charge in [-0.2, -0.15) is 5.26 Å². The lowest BCUT2D eigenvalue weighted by Gasteiger charge is -2.18. The molecule has 128 valence electrons. The Balaban J connectivity index is 1.77. The van der Waals surface area contributed by atoms with Crippen LogP contribution in [0.3, 0.4) is 0 Å². The maximum Gasteiger partial charge on any atom is 0.253 e. The molecular formula is C20H20N2O3.